The number of carbonyl (C=O) groups is 1. The van der Waals surface area contributed by atoms with Crippen molar-refractivity contribution in [2.24, 2.45) is 5.73 Å². The van der Waals surface area contributed by atoms with Gasteiger partial charge < -0.3 is 16.4 Å². The molecule has 8 heteroatoms. The highest BCUT2D eigenvalue weighted by Gasteiger charge is 2.30. The third-order valence-electron chi connectivity index (χ3n) is 6.71. The molecule has 2 aliphatic rings. The summed E-state index contributed by atoms with van der Waals surface area (Å²) in [5.41, 5.74) is 11.7. The van der Waals surface area contributed by atoms with Crippen molar-refractivity contribution in [1.29, 1.82) is 0 Å². The molecule has 0 spiro atoms. The number of nitro groups is 1. The summed E-state index contributed by atoms with van der Waals surface area (Å²) >= 11 is 0. The van der Waals surface area contributed by atoms with Crippen LogP contribution in [0.3, 0.4) is 0 Å². The summed E-state index contributed by atoms with van der Waals surface area (Å²) < 4.78 is 0. The zero-order valence-corrected chi connectivity index (χ0v) is 20.0. The molecule has 5 rings (SSSR count). The normalized spacial score (nSPS) is 16.5. The number of non-ortho nitro benzene ring substituents is 1. The number of rotatable bonds is 8. The van der Waals surface area contributed by atoms with Crippen LogP contribution in [0.1, 0.15) is 35.1 Å². The zero-order chi connectivity index (χ0) is 25.1. The largest absolute Gasteiger partial charge is 0.354 e. The van der Waals surface area contributed by atoms with Crippen LogP contribution in [0.25, 0.3) is 11.3 Å². The van der Waals surface area contributed by atoms with Gasteiger partial charge >= 0.3 is 0 Å². The lowest BCUT2D eigenvalue weighted by molar-refractivity contribution is -0.384. The Morgan fingerprint density at radius 2 is 1.69 bits per heavy atom. The summed E-state index contributed by atoms with van der Waals surface area (Å²) in [5.74, 6) is -0.301. The molecule has 2 heterocycles. The monoisotopic (exact) mass is 483 g/mol. The molecule has 0 radical (unpaired) electrons. The van der Waals surface area contributed by atoms with Gasteiger partial charge in [0.15, 0.2) is 0 Å². The number of nitrogens with zero attached hydrogens (tertiary/aromatic N) is 2. The van der Waals surface area contributed by atoms with Gasteiger partial charge in [-0.15, -0.1) is 0 Å². The lowest BCUT2D eigenvalue weighted by Crippen LogP contribution is -2.18. The standard InChI is InChI=1S/C28H29N5O3/c29-14-13-19-3-7-21(8-4-19)27(26-24-17-23(33(35)36)11-12-25(24)31-28(26)34)30-22-9-5-20(6-10-22)18-32-15-1-2-16-32/h3-12,17,30H,1-2,13-16,18,29H2,(H,31,34). The summed E-state index contributed by atoms with van der Waals surface area (Å²) in [4.78, 5) is 26.6. The van der Waals surface area contributed by atoms with Crippen LogP contribution >= 0.6 is 0 Å². The van der Waals surface area contributed by atoms with Crippen molar-refractivity contribution in [2.75, 3.05) is 30.3 Å². The molecule has 1 amide bonds. The average molecular weight is 484 g/mol. The van der Waals surface area contributed by atoms with E-state index in [1.807, 2.05) is 36.4 Å². The number of hydrogen-bond acceptors (Lipinski definition) is 6. The maximum absolute atomic E-state index is 13.1. The number of fused-ring (bicyclic) bond motifs is 1. The van der Waals surface area contributed by atoms with Gasteiger partial charge in [-0.05, 0) is 73.8 Å². The number of carbonyl (C=O) groups excluding carboxylic acids is 1. The highest BCUT2D eigenvalue weighted by molar-refractivity contribution is 6.37. The number of anilines is 2. The van der Waals surface area contributed by atoms with Gasteiger partial charge in [0.25, 0.3) is 11.6 Å². The molecule has 0 saturated carbocycles. The van der Waals surface area contributed by atoms with E-state index in [4.69, 9.17) is 5.73 Å². The number of amides is 1. The van der Waals surface area contributed by atoms with Crippen molar-refractivity contribution >= 4 is 34.2 Å². The van der Waals surface area contributed by atoms with Gasteiger partial charge in [0, 0.05) is 35.6 Å². The number of hydrogen-bond donors (Lipinski definition) is 3. The van der Waals surface area contributed by atoms with Crippen LogP contribution in [-0.4, -0.2) is 35.4 Å². The van der Waals surface area contributed by atoms with Gasteiger partial charge in [0.1, 0.15) is 0 Å². The van der Waals surface area contributed by atoms with Crippen LogP contribution in [0, 0.1) is 10.1 Å². The Labute approximate surface area is 210 Å². The zero-order valence-electron chi connectivity index (χ0n) is 20.0. The lowest BCUT2D eigenvalue weighted by atomic mass is 9.98. The van der Waals surface area contributed by atoms with Crippen molar-refractivity contribution in [1.82, 2.24) is 4.90 Å². The Balaban J connectivity index is 1.54. The van der Waals surface area contributed by atoms with Gasteiger partial charge in [-0.1, -0.05) is 36.4 Å². The quantitative estimate of drug-likeness (QED) is 0.245. The molecule has 2 aliphatic heterocycles. The fourth-order valence-corrected chi connectivity index (χ4v) is 4.84. The maximum Gasteiger partial charge on any atom is 0.270 e. The van der Waals surface area contributed by atoms with Crippen molar-refractivity contribution in [3.05, 3.63) is 99.1 Å². The van der Waals surface area contributed by atoms with Gasteiger partial charge in [-0.3, -0.25) is 19.8 Å². The molecule has 8 nitrogen and oxygen atoms in total. The molecule has 4 N–H and O–H groups in total. The molecule has 3 aromatic rings. The Hall–Kier alpha value is -4.01. The Morgan fingerprint density at radius 3 is 2.36 bits per heavy atom. The first-order chi connectivity index (χ1) is 17.5. The van der Waals surface area contributed by atoms with Crippen LogP contribution in [0.5, 0.6) is 0 Å². The maximum atomic E-state index is 13.1. The third-order valence-corrected chi connectivity index (χ3v) is 6.71. The van der Waals surface area contributed by atoms with Crippen molar-refractivity contribution in [3.63, 3.8) is 0 Å². The molecule has 0 aromatic heterocycles. The molecule has 184 valence electrons. The van der Waals surface area contributed by atoms with E-state index in [1.54, 1.807) is 6.07 Å². The summed E-state index contributed by atoms with van der Waals surface area (Å²) in [6.07, 6.45) is 3.26. The minimum Gasteiger partial charge on any atom is -0.354 e. The van der Waals surface area contributed by atoms with Crippen LogP contribution in [0.15, 0.2) is 66.7 Å². The molecule has 0 unspecified atom stereocenters. The van der Waals surface area contributed by atoms with E-state index >= 15 is 0 Å². The van der Waals surface area contributed by atoms with Crippen LogP contribution in [0.2, 0.25) is 0 Å². The Morgan fingerprint density at radius 1 is 1.00 bits per heavy atom. The van der Waals surface area contributed by atoms with E-state index in [1.165, 1.54) is 30.5 Å². The van der Waals surface area contributed by atoms with E-state index in [-0.39, 0.29) is 11.6 Å². The second-order valence-electron chi connectivity index (χ2n) is 9.23. The highest BCUT2D eigenvalue weighted by atomic mass is 16.6. The van der Waals surface area contributed by atoms with Crippen molar-refractivity contribution in [3.8, 4) is 0 Å². The van der Waals surface area contributed by atoms with Crippen molar-refractivity contribution in [2.45, 2.75) is 25.8 Å². The molecular weight excluding hydrogens is 454 g/mol. The molecule has 0 atom stereocenters. The van der Waals surface area contributed by atoms with E-state index in [0.29, 0.717) is 29.1 Å². The van der Waals surface area contributed by atoms with E-state index < -0.39 is 4.92 Å². The van der Waals surface area contributed by atoms with Crippen LogP contribution < -0.4 is 16.4 Å². The first-order valence-electron chi connectivity index (χ1n) is 12.2. The number of nitrogens with two attached hydrogens (primary N) is 1. The molecule has 3 aromatic carbocycles. The van der Waals surface area contributed by atoms with Gasteiger partial charge in [0.2, 0.25) is 0 Å². The van der Waals surface area contributed by atoms with E-state index in [0.717, 1.165) is 42.9 Å². The fraction of sp³-hybridized carbons (Fsp3) is 0.250. The molecular formula is C28H29N5O3. The summed E-state index contributed by atoms with van der Waals surface area (Å²) in [7, 11) is 0. The van der Waals surface area contributed by atoms with Gasteiger partial charge in [0.05, 0.1) is 16.2 Å². The first-order valence-corrected chi connectivity index (χ1v) is 12.2. The molecule has 0 bridgehead atoms. The number of likely N-dealkylation sites (tertiary alicyclic amines) is 1. The fourth-order valence-electron chi connectivity index (χ4n) is 4.84. The SMILES string of the molecule is NCCc1ccc(C(Nc2ccc(CN3CCCC3)cc2)=C2C(=O)Nc3ccc([N+](=O)[O-])cc32)cc1. The minimum absolute atomic E-state index is 0.0633. The lowest BCUT2D eigenvalue weighted by Gasteiger charge is -2.17. The number of nitro benzene ring substituents is 1. The predicted octanol–water partition coefficient (Wildman–Crippen LogP) is 4.62. The number of benzene rings is 3. The third kappa shape index (κ3) is 5.00. The second-order valence-corrected chi connectivity index (χ2v) is 9.23. The predicted molar refractivity (Wildman–Crippen MR) is 142 cm³/mol. The molecule has 0 aliphatic carbocycles. The van der Waals surface area contributed by atoms with Gasteiger partial charge in [-0.25, -0.2) is 0 Å². The Kier molecular flexibility index (Phi) is 6.79. The van der Waals surface area contributed by atoms with Gasteiger partial charge in [-0.2, -0.15) is 0 Å². The molecule has 1 saturated heterocycles. The smallest absolute Gasteiger partial charge is 0.270 e. The van der Waals surface area contributed by atoms with E-state index in [2.05, 4.69) is 27.7 Å². The topological polar surface area (TPSA) is 114 Å². The van der Waals surface area contributed by atoms with Crippen molar-refractivity contribution < 1.29 is 9.72 Å². The molecule has 36 heavy (non-hydrogen) atoms. The summed E-state index contributed by atoms with van der Waals surface area (Å²) in [5, 5.41) is 17.7. The average Bonchev–Trinajstić information content (AvgIpc) is 3.51. The Bertz CT molecular complexity index is 1310. The highest BCUT2D eigenvalue weighted by Crippen LogP contribution is 2.39. The molecule has 1 fully saturated rings. The van der Waals surface area contributed by atoms with Crippen LogP contribution in [-0.2, 0) is 17.8 Å². The van der Waals surface area contributed by atoms with Crippen LogP contribution in [0.4, 0.5) is 17.1 Å². The summed E-state index contributed by atoms with van der Waals surface area (Å²) in [6, 6.07) is 20.5. The first kappa shape index (κ1) is 23.7. The van der Waals surface area contributed by atoms with E-state index in [9.17, 15) is 14.9 Å². The minimum atomic E-state index is -0.450. The second kappa shape index (κ2) is 10.3. The number of nitrogens with one attached hydrogen (secondary N) is 2. The summed E-state index contributed by atoms with van der Waals surface area (Å²) in [6.45, 7) is 3.75.